The molecule has 76 valence electrons. The van der Waals surface area contributed by atoms with Crippen LogP contribution in [0.1, 0.15) is 25.7 Å². The van der Waals surface area contributed by atoms with E-state index in [1.54, 1.807) is 0 Å². The maximum Gasteiger partial charge on any atom is 0.252 e. The van der Waals surface area contributed by atoms with Crippen molar-refractivity contribution in [3.05, 3.63) is 0 Å². The Morgan fingerprint density at radius 2 is 1.77 bits per heavy atom. The molecular weight excluding hydrogens is 176 g/mol. The lowest BCUT2D eigenvalue weighted by Crippen LogP contribution is -2.43. The summed E-state index contributed by atoms with van der Waals surface area (Å²) in [6.45, 7) is 0. The summed E-state index contributed by atoms with van der Waals surface area (Å²) in [5.74, 6) is -0.417. The van der Waals surface area contributed by atoms with Crippen LogP contribution in [0.25, 0.3) is 0 Å². The fourth-order valence-electron chi connectivity index (χ4n) is 1.98. The molecule has 0 N–H and O–H groups in total. The molecule has 1 amide bonds. The largest absolute Gasteiger partial charge is 0.348 e. The molecule has 0 radical (unpaired) electrons. The smallest absolute Gasteiger partial charge is 0.252 e. The van der Waals surface area contributed by atoms with Crippen molar-refractivity contribution >= 4 is 5.91 Å². The van der Waals surface area contributed by atoms with Gasteiger partial charge in [0.25, 0.3) is 6.43 Å². The molecule has 2 nitrogen and oxygen atoms in total. The normalized spacial score (nSPS) is 20.7. The van der Waals surface area contributed by atoms with Gasteiger partial charge < -0.3 is 4.90 Å². The van der Waals surface area contributed by atoms with Gasteiger partial charge in [0.15, 0.2) is 0 Å². The molecule has 4 heteroatoms. The Labute approximate surface area is 76.9 Å². The molecule has 13 heavy (non-hydrogen) atoms. The Balaban J connectivity index is 2.84. The topological polar surface area (TPSA) is 20.3 Å². The molecule has 0 spiro atoms. The van der Waals surface area contributed by atoms with E-state index in [0.29, 0.717) is 12.8 Å². The van der Waals surface area contributed by atoms with Crippen molar-refractivity contribution in [3.63, 3.8) is 0 Å². The van der Waals surface area contributed by atoms with E-state index >= 15 is 0 Å². The summed E-state index contributed by atoms with van der Waals surface area (Å²) < 4.78 is 25.5. The summed E-state index contributed by atoms with van der Waals surface area (Å²) in [6.07, 6.45) is -0.373. The predicted molar refractivity (Wildman–Crippen MR) is 45.6 cm³/mol. The van der Waals surface area contributed by atoms with Crippen LogP contribution < -0.4 is 0 Å². The summed E-state index contributed by atoms with van der Waals surface area (Å²) in [6, 6.07) is 0. The third-order valence-electron chi connectivity index (χ3n) is 2.75. The number of carbonyl (C=O) groups is 1. The van der Waals surface area contributed by atoms with E-state index in [4.69, 9.17) is 0 Å². The van der Waals surface area contributed by atoms with Gasteiger partial charge in [0.1, 0.15) is 5.41 Å². The van der Waals surface area contributed by atoms with Gasteiger partial charge in [0.2, 0.25) is 5.91 Å². The summed E-state index contributed by atoms with van der Waals surface area (Å²) in [7, 11) is 3.07. The van der Waals surface area contributed by atoms with Gasteiger partial charge in [-0.2, -0.15) is 0 Å². The van der Waals surface area contributed by atoms with Gasteiger partial charge in [0, 0.05) is 14.1 Å². The van der Waals surface area contributed by atoms with Crippen LogP contribution in [0.15, 0.2) is 0 Å². The van der Waals surface area contributed by atoms with Crippen molar-refractivity contribution in [2.75, 3.05) is 14.1 Å². The van der Waals surface area contributed by atoms with Crippen molar-refractivity contribution in [3.8, 4) is 0 Å². The first-order valence-corrected chi connectivity index (χ1v) is 4.50. The Morgan fingerprint density at radius 1 is 1.31 bits per heavy atom. The van der Waals surface area contributed by atoms with Gasteiger partial charge in [-0.05, 0) is 12.8 Å². The lowest BCUT2D eigenvalue weighted by Gasteiger charge is -2.29. The molecule has 1 aliphatic carbocycles. The number of rotatable bonds is 2. The molecule has 0 unspecified atom stereocenters. The minimum atomic E-state index is -2.52. The second-order valence-electron chi connectivity index (χ2n) is 3.86. The molecule has 0 atom stereocenters. The summed E-state index contributed by atoms with van der Waals surface area (Å²) >= 11 is 0. The maximum absolute atomic E-state index is 12.8. The number of alkyl halides is 2. The average Bonchev–Trinajstić information content (AvgIpc) is 2.51. The Hall–Kier alpha value is -0.670. The highest BCUT2D eigenvalue weighted by Crippen LogP contribution is 2.44. The number of hydrogen-bond acceptors (Lipinski definition) is 1. The van der Waals surface area contributed by atoms with Crippen molar-refractivity contribution in [2.45, 2.75) is 32.1 Å². The number of halogens is 2. The number of hydrogen-bond donors (Lipinski definition) is 0. The first-order chi connectivity index (χ1) is 6.00. The monoisotopic (exact) mass is 191 g/mol. The average molecular weight is 191 g/mol. The van der Waals surface area contributed by atoms with Gasteiger partial charge in [-0.1, -0.05) is 12.8 Å². The first-order valence-electron chi connectivity index (χ1n) is 4.50. The second kappa shape index (κ2) is 3.60. The second-order valence-corrected chi connectivity index (χ2v) is 3.86. The van der Waals surface area contributed by atoms with E-state index in [-0.39, 0.29) is 0 Å². The molecule has 1 aliphatic rings. The molecule has 0 aromatic carbocycles. The lowest BCUT2D eigenvalue weighted by atomic mass is 9.85. The number of nitrogens with zero attached hydrogens (tertiary/aromatic N) is 1. The van der Waals surface area contributed by atoms with Gasteiger partial charge in [0.05, 0.1) is 0 Å². The minimum absolute atomic E-state index is 0.335. The third-order valence-corrected chi connectivity index (χ3v) is 2.75. The Bertz CT molecular complexity index is 198. The molecule has 1 fully saturated rings. The van der Waals surface area contributed by atoms with Gasteiger partial charge in [-0.3, -0.25) is 4.79 Å². The zero-order chi connectivity index (χ0) is 10.1. The summed E-state index contributed by atoms with van der Waals surface area (Å²) in [4.78, 5) is 12.8. The van der Waals surface area contributed by atoms with Crippen molar-refractivity contribution in [1.29, 1.82) is 0 Å². The van der Waals surface area contributed by atoms with Crippen LogP contribution in [0.5, 0.6) is 0 Å². The fraction of sp³-hybridized carbons (Fsp3) is 0.889. The molecule has 1 saturated carbocycles. The van der Waals surface area contributed by atoms with E-state index in [0.717, 1.165) is 12.8 Å². The van der Waals surface area contributed by atoms with Crippen LogP contribution in [-0.4, -0.2) is 31.3 Å². The van der Waals surface area contributed by atoms with Gasteiger partial charge >= 0.3 is 0 Å². The quantitative estimate of drug-likeness (QED) is 0.652. The molecule has 0 saturated heterocycles. The molecule has 0 bridgehead atoms. The van der Waals surface area contributed by atoms with Crippen molar-refractivity contribution < 1.29 is 13.6 Å². The highest BCUT2D eigenvalue weighted by Gasteiger charge is 2.49. The highest BCUT2D eigenvalue weighted by atomic mass is 19.3. The zero-order valence-corrected chi connectivity index (χ0v) is 8.02. The van der Waals surface area contributed by atoms with E-state index in [1.807, 2.05) is 0 Å². The van der Waals surface area contributed by atoms with Gasteiger partial charge in [-0.25, -0.2) is 8.78 Å². The molecule has 1 rings (SSSR count). The Kier molecular flexibility index (Phi) is 2.88. The van der Waals surface area contributed by atoms with Crippen LogP contribution in [0.4, 0.5) is 8.78 Å². The maximum atomic E-state index is 12.8. The van der Waals surface area contributed by atoms with Crippen LogP contribution in [0, 0.1) is 5.41 Å². The Morgan fingerprint density at radius 3 is 2.08 bits per heavy atom. The molecule has 0 aromatic rings. The first kappa shape index (κ1) is 10.4. The molecular formula is C9H15F2NO. The van der Waals surface area contributed by atoms with E-state index in [1.165, 1.54) is 19.0 Å². The van der Waals surface area contributed by atoms with Crippen LogP contribution in [0.3, 0.4) is 0 Å². The van der Waals surface area contributed by atoms with E-state index < -0.39 is 17.7 Å². The number of carbonyl (C=O) groups excluding carboxylic acids is 1. The molecule has 0 heterocycles. The van der Waals surface area contributed by atoms with Crippen molar-refractivity contribution in [2.24, 2.45) is 5.41 Å². The van der Waals surface area contributed by atoms with E-state index in [2.05, 4.69) is 0 Å². The van der Waals surface area contributed by atoms with Crippen LogP contribution >= 0.6 is 0 Å². The van der Waals surface area contributed by atoms with Gasteiger partial charge in [-0.15, -0.1) is 0 Å². The summed E-state index contributed by atoms with van der Waals surface area (Å²) in [5.41, 5.74) is -1.37. The molecule has 0 aliphatic heterocycles. The van der Waals surface area contributed by atoms with Crippen LogP contribution in [0.2, 0.25) is 0 Å². The van der Waals surface area contributed by atoms with Crippen LogP contribution in [-0.2, 0) is 4.79 Å². The predicted octanol–water partition coefficient (Wildman–Crippen LogP) is 1.90. The minimum Gasteiger partial charge on any atom is -0.348 e. The van der Waals surface area contributed by atoms with E-state index in [9.17, 15) is 13.6 Å². The standard InChI is InChI=1S/C9H15F2NO/c1-12(2)8(13)9(7(10)11)5-3-4-6-9/h7H,3-6H2,1-2H3. The lowest BCUT2D eigenvalue weighted by molar-refractivity contribution is -0.149. The fourth-order valence-corrected chi connectivity index (χ4v) is 1.98. The SMILES string of the molecule is CN(C)C(=O)C1(C(F)F)CCCC1. The molecule has 0 aromatic heterocycles. The number of amides is 1. The third kappa shape index (κ3) is 1.67. The highest BCUT2D eigenvalue weighted by molar-refractivity contribution is 5.83. The summed E-state index contributed by atoms with van der Waals surface area (Å²) in [5, 5.41) is 0. The zero-order valence-electron chi connectivity index (χ0n) is 8.02. The van der Waals surface area contributed by atoms with Crippen molar-refractivity contribution in [1.82, 2.24) is 4.90 Å².